The Morgan fingerprint density at radius 1 is 1.25 bits per heavy atom. The van der Waals surface area contributed by atoms with Crippen molar-refractivity contribution >= 4 is 9.84 Å². The average molecular weight is 249 g/mol. The minimum Gasteiger partial charge on any atom is -0.394 e. The maximum Gasteiger partial charge on any atom is 0.151 e. The minimum absolute atomic E-state index is 0.112. The molecule has 0 amide bonds. The topological polar surface area (TPSA) is 66.4 Å². The fourth-order valence-electron chi connectivity index (χ4n) is 2.33. The second-order valence-electron chi connectivity index (χ2n) is 4.72. The van der Waals surface area contributed by atoms with Gasteiger partial charge in [-0.25, -0.2) is 8.42 Å². The second-order valence-corrected chi connectivity index (χ2v) is 7.03. The van der Waals surface area contributed by atoms with Crippen LogP contribution in [0.15, 0.2) is 0 Å². The molecule has 4 nitrogen and oxygen atoms in total. The highest BCUT2D eigenvalue weighted by Crippen LogP contribution is 2.28. The summed E-state index contributed by atoms with van der Waals surface area (Å²) in [5.41, 5.74) is -0.207. The Morgan fingerprint density at radius 2 is 1.88 bits per heavy atom. The van der Waals surface area contributed by atoms with E-state index in [1.54, 1.807) is 0 Å². The van der Waals surface area contributed by atoms with E-state index in [0.717, 1.165) is 25.7 Å². The van der Waals surface area contributed by atoms with Gasteiger partial charge >= 0.3 is 0 Å². The number of hydrogen-bond donors (Lipinski definition) is 2. The van der Waals surface area contributed by atoms with Crippen LogP contribution in [0.5, 0.6) is 0 Å². The van der Waals surface area contributed by atoms with Crippen molar-refractivity contribution in [3.8, 4) is 0 Å². The standard InChI is InChI=1S/C11H23NO3S/c1-2-8-16(14,15)9-7-12-11(10-13)5-3-4-6-11/h12-13H,2-10H2,1H3. The Hall–Kier alpha value is -0.130. The van der Waals surface area contributed by atoms with Gasteiger partial charge in [-0.3, -0.25) is 0 Å². The van der Waals surface area contributed by atoms with Crippen molar-refractivity contribution < 1.29 is 13.5 Å². The number of rotatable bonds is 7. The molecule has 0 atom stereocenters. The number of aliphatic hydroxyl groups is 1. The molecule has 0 aliphatic heterocycles. The van der Waals surface area contributed by atoms with Crippen LogP contribution in [0.25, 0.3) is 0 Å². The van der Waals surface area contributed by atoms with Crippen molar-refractivity contribution in [2.24, 2.45) is 0 Å². The van der Waals surface area contributed by atoms with Crippen LogP contribution in [0.4, 0.5) is 0 Å². The molecule has 1 aliphatic carbocycles. The molecule has 0 spiro atoms. The van der Waals surface area contributed by atoms with E-state index in [9.17, 15) is 13.5 Å². The molecule has 0 aromatic heterocycles. The summed E-state index contributed by atoms with van der Waals surface area (Å²) in [5.74, 6) is 0.448. The first-order valence-electron chi connectivity index (χ1n) is 6.10. The van der Waals surface area contributed by atoms with E-state index in [1.165, 1.54) is 0 Å². The third-order valence-corrected chi connectivity index (χ3v) is 5.15. The number of sulfone groups is 1. The van der Waals surface area contributed by atoms with Crippen LogP contribution in [0.3, 0.4) is 0 Å². The van der Waals surface area contributed by atoms with Crippen LogP contribution in [0.2, 0.25) is 0 Å². The Kier molecular flexibility index (Phi) is 5.21. The van der Waals surface area contributed by atoms with Gasteiger partial charge in [-0.1, -0.05) is 19.8 Å². The van der Waals surface area contributed by atoms with Crippen LogP contribution >= 0.6 is 0 Å². The predicted molar refractivity (Wildman–Crippen MR) is 65.2 cm³/mol. The second kappa shape index (κ2) is 5.98. The van der Waals surface area contributed by atoms with Gasteiger partial charge in [-0.05, 0) is 19.3 Å². The first-order valence-corrected chi connectivity index (χ1v) is 7.92. The van der Waals surface area contributed by atoms with Gasteiger partial charge in [0.25, 0.3) is 0 Å². The molecule has 2 N–H and O–H groups in total. The molecule has 0 unspecified atom stereocenters. The Balaban J connectivity index is 2.34. The van der Waals surface area contributed by atoms with Crippen molar-refractivity contribution in [1.82, 2.24) is 5.32 Å². The van der Waals surface area contributed by atoms with Crippen molar-refractivity contribution in [1.29, 1.82) is 0 Å². The molecule has 1 fully saturated rings. The van der Waals surface area contributed by atoms with Crippen molar-refractivity contribution in [3.63, 3.8) is 0 Å². The summed E-state index contributed by atoms with van der Waals surface area (Å²) in [4.78, 5) is 0. The lowest BCUT2D eigenvalue weighted by Crippen LogP contribution is -2.47. The van der Waals surface area contributed by atoms with Gasteiger partial charge in [0.2, 0.25) is 0 Å². The Morgan fingerprint density at radius 3 is 2.38 bits per heavy atom. The molecule has 16 heavy (non-hydrogen) atoms. The van der Waals surface area contributed by atoms with Crippen LogP contribution < -0.4 is 5.32 Å². The molecular weight excluding hydrogens is 226 g/mol. The van der Waals surface area contributed by atoms with Gasteiger partial charge in [0, 0.05) is 17.8 Å². The zero-order chi connectivity index (χ0) is 12.1. The summed E-state index contributed by atoms with van der Waals surface area (Å²) in [6, 6.07) is 0. The van der Waals surface area contributed by atoms with Crippen molar-refractivity contribution in [2.45, 2.75) is 44.6 Å². The lowest BCUT2D eigenvalue weighted by molar-refractivity contribution is 0.167. The van der Waals surface area contributed by atoms with Crippen LogP contribution in [-0.2, 0) is 9.84 Å². The molecule has 1 rings (SSSR count). The quantitative estimate of drug-likeness (QED) is 0.697. The zero-order valence-corrected chi connectivity index (χ0v) is 10.9. The molecule has 0 saturated heterocycles. The van der Waals surface area contributed by atoms with Crippen molar-refractivity contribution in [3.05, 3.63) is 0 Å². The molecule has 96 valence electrons. The molecule has 0 aromatic rings. The van der Waals surface area contributed by atoms with Gasteiger partial charge in [0.1, 0.15) is 0 Å². The smallest absolute Gasteiger partial charge is 0.151 e. The van der Waals surface area contributed by atoms with E-state index >= 15 is 0 Å². The monoisotopic (exact) mass is 249 g/mol. The van der Waals surface area contributed by atoms with Gasteiger partial charge in [0.15, 0.2) is 9.84 Å². The highest BCUT2D eigenvalue weighted by Gasteiger charge is 2.32. The van der Waals surface area contributed by atoms with E-state index < -0.39 is 9.84 Å². The minimum atomic E-state index is -2.90. The normalized spacial score (nSPS) is 20.1. The molecule has 0 heterocycles. The SMILES string of the molecule is CCCS(=O)(=O)CCNC1(CO)CCCC1. The highest BCUT2D eigenvalue weighted by molar-refractivity contribution is 7.91. The van der Waals surface area contributed by atoms with Crippen molar-refractivity contribution in [2.75, 3.05) is 24.7 Å². The first kappa shape index (κ1) is 13.9. The molecular formula is C11H23NO3S. The van der Waals surface area contributed by atoms with E-state index in [4.69, 9.17) is 0 Å². The highest BCUT2D eigenvalue weighted by atomic mass is 32.2. The molecule has 0 bridgehead atoms. The van der Waals surface area contributed by atoms with Crippen LogP contribution in [0, 0.1) is 0 Å². The van der Waals surface area contributed by atoms with Gasteiger partial charge < -0.3 is 10.4 Å². The summed E-state index contributed by atoms with van der Waals surface area (Å²) in [6.07, 6.45) is 4.83. The fraction of sp³-hybridized carbons (Fsp3) is 1.00. The molecule has 5 heteroatoms. The summed E-state index contributed by atoms with van der Waals surface area (Å²) in [7, 11) is -2.90. The summed E-state index contributed by atoms with van der Waals surface area (Å²) >= 11 is 0. The van der Waals surface area contributed by atoms with E-state index in [0.29, 0.717) is 13.0 Å². The first-order chi connectivity index (χ1) is 7.54. The molecule has 1 aliphatic rings. The predicted octanol–water partition coefficient (Wildman–Crippen LogP) is 0.706. The number of nitrogens with one attached hydrogen (secondary N) is 1. The lowest BCUT2D eigenvalue weighted by atomic mass is 9.99. The zero-order valence-electron chi connectivity index (χ0n) is 10.0. The van der Waals surface area contributed by atoms with Crippen LogP contribution in [-0.4, -0.2) is 43.7 Å². The fourth-order valence-corrected chi connectivity index (χ4v) is 3.57. The Bertz CT molecular complexity index is 294. The van der Waals surface area contributed by atoms with E-state index in [2.05, 4.69) is 5.32 Å². The lowest BCUT2D eigenvalue weighted by Gasteiger charge is -2.28. The van der Waals surface area contributed by atoms with Gasteiger partial charge in [0.05, 0.1) is 12.4 Å². The van der Waals surface area contributed by atoms with E-state index in [1.807, 2.05) is 6.92 Å². The summed E-state index contributed by atoms with van der Waals surface area (Å²) < 4.78 is 23.0. The Labute approximate surface area is 98.4 Å². The molecule has 1 saturated carbocycles. The van der Waals surface area contributed by atoms with Gasteiger partial charge in [-0.2, -0.15) is 0 Å². The number of hydrogen-bond acceptors (Lipinski definition) is 4. The summed E-state index contributed by atoms with van der Waals surface area (Å²) in [5, 5.41) is 12.6. The summed E-state index contributed by atoms with van der Waals surface area (Å²) in [6.45, 7) is 2.45. The van der Waals surface area contributed by atoms with Gasteiger partial charge in [-0.15, -0.1) is 0 Å². The molecule has 0 aromatic carbocycles. The maximum atomic E-state index is 11.5. The largest absolute Gasteiger partial charge is 0.394 e. The van der Waals surface area contributed by atoms with Crippen LogP contribution in [0.1, 0.15) is 39.0 Å². The average Bonchev–Trinajstić information content (AvgIpc) is 2.67. The third kappa shape index (κ3) is 4.03. The molecule has 0 radical (unpaired) electrons. The maximum absolute atomic E-state index is 11.5. The van der Waals surface area contributed by atoms with E-state index in [-0.39, 0.29) is 23.7 Å². The third-order valence-electron chi connectivity index (χ3n) is 3.29. The number of aliphatic hydroxyl groups excluding tert-OH is 1.